The monoisotopic (exact) mass is 246 g/mol. The molecule has 4 heteroatoms. The van der Waals surface area contributed by atoms with Crippen LogP contribution in [-0.2, 0) is 15.6 Å². The molecule has 94 valence electrons. The highest BCUT2D eigenvalue weighted by Gasteiger charge is 2.17. The maximum absolute atomic E-state index is 11.7. The van der Waals surface area contributed by atoms with Gasteiger partial charge in [-0.05, 0) is 31.6 Å². The third kappa shape index (κ3) is 6.26. The Bertz CT molecular complexity index is 234. The molecule has 1 fully saturated rings. The molecule has 0 amide bonds. The summed E-state index contributed by atoms with van der Waals surface area (Å²) in [7, 11) is -0.671. The Hall–Kier alpha value is -0.380. The lowest BCUT2D eigenvalue weighted by Crippen LogP contribution is -2.10. The summed E-state index contributed by atoms with van der Waals surface area (Å²) < 4.78 is 11.7. The molecular weight excluding hydrogens is 224 g/mol. The van der Waals surface area contributed by atoms with Crippen molar-refractivity contribution in [3.63, 3.8) is 0 Å². The maximum Gasteiger partial charge on any atom is 0.303 e. The molecule has 1 saturated carbocycles. The SMILES string of the molecule is O=C(O)CCCCCS(=O)CC1CCCC1. The molecule has 0 aromatic rings. The summed E-state index contributed by atoms with van der Waals surface area (Å²) in [4.78, 5) is 10.3. The van der Waals surface area contributed by atoms with E-state index in [9.17, 15) is 9.00 Å². The number of rotatable bonds is 8. The van der Waals surface area contributed by atoms with Crippen molar-refractivity contribution in [3.8, 4) is 0 Å². The molecule has 1 aliphatic rings. The molecule has 1 rings (SSSR count). The molecule has 0 aromatic heterocycles. The zero-order chi connectivity index (χ0) is 11.8. The third-order valence-corrected chi connectivity index (χ3v) is 4.75. The van der Waals surface area contributed by atoms with Gasteiger partial charge < -0.3 is 5.11 Å². The maximum atomic E-state index is 11.7. The standard InChI is InChI=1S/C12H22O3S/c13-12(14)8-2-1-5-9-16(15)10-11-6-3-4-7-11/h11H,1-10H2,(H,13,14). The molecule has 3 nitrogen and oxygen atoms in total. The number of aliphatic carboxylic acids is 1. The van der Waals surface area contributed by atoms with E-state index in [0.29, 0.717) is 5.92 Å². The molecule has 0 spiro atoms. The van der Waals surface area contributed by atoms with Crippen LogP contribution in [0.25, 0.3) is 0 Å². The highest BCUT2D eigenvalue weighted by molar-refractivity contribution is 7.84. The Morgan fingerprint density at radius 2 is 1.88 bits per heavy atom. The van der Waals surface area contributed by atoms with Crippen molar-refractivity contribution >= 4 is 16.8 Å². The second kappa shape index (κ2) is 7.82. The van der Waals surface area contributed by atoms with Gasteiger partial charge in [0.1, 0.15) is 0 Å². The van der Waals surface area contributed by atoms with E-state index in [1.807, 2.05) is 0 Å². The lowest BCUT2D eigenvalue weighted by molar-refractivity contribution is -0.137. The summed E-state index contributed by atoms with van der Waals surface area (Å²) in [5, 5.41) is 8.45. The van der Waals surface area contributed by atoms with Crippen LogP contribution < -0.4 is 0 Å². The van der Waals surface area contributed by atoms with E-state index in [0.717, 1.165) is 30.8 Å². The first kappa shape index (κ1) is 13.7. The summed E-state index contributed by atoms with van der Waals surface area (Å²) in [6.07, 6.45) is 7.89. The van der Waals surface area contributed by atoms with Gasteiger partial charge in [-0.1, -0.05) is 19.3 Å². The van der Waals surface area contributed by atoms with Crippen LogP contribution in [0.15, 0.2) is 0 Å². The summed E-state index contributed by atoms with van der Waals surface area (Å²) in [6, 6.07) is 0. The van der Waals surface area contributed by atoms with Gasteiger partial charge in [-0.15, -0.1) is 0 Å². The molecule has 0 bridgehead atoms. The van der Waals surface area contributed by atoms with Gasteiger partial charge in [-0.25, -0.2) is 0 Å². The van der Waals surface area contributed by atoms with E-state index >= 15 is 0 Å². The van der Waals surface area contributed by atoms with Gasteiger partial charge in [-0.2, -0.15) is 0 Å². The Morgan fingerprint density at radius 3 is 2.50 bits per heavy atom. The van der Waals surface area contributed by atoms with Crippen LogP contribution in [0.4, 0.5) is 0 Å². The largest absolute Gasteiger partial charge is 0.481 e. The van der Waals surface area contributed by atoms with Crippen molar-refractivity contribution in [2.75, 3.05) is 11.5 Å². The predicted molar refractivity (Wildman–Crippen MR) is 65.9 cm³/mol. The van der Waals surface area contributed by atoms with Crippen molar-refractivity contribution in [3.05, 3.63) is 0 Å². The van der Waals surface area contributed by atoms with Gasteiger partial charge in [-0.3, -0.25) is 9.00 Å². The first-order valence-corrected chi connectivity index (χ1v) is 7.74. The van der Waals surface area contributed by atoms with Crippen LogP contribution in [0.5, 0.6) is 0 Å². The van der Waals surface area contributed by atoms with Gasteiger partial charge in [0, 0.05) is 28.7 Å². The Morgan fingerprint density at radius 1 is 1.19 bits per heavy atom. The molecule has 0 saturated heterocycles. The van der Waals surface area contributed by atoms with E-state index in [2.05, 4.69) is 0 Å². The second-order valence-electron chi connectivity index (χ2n) is 4.67. The molecular formula is C12H22O3S. The number of carbonyl (C=O) groups is 1. The van der Waals surface area contributed by atoms with Crippen LogP contribution in [0.2, 0.25) is 0 Å². The molecule has 1 aliphatic carbocycles. The van der Waals surface area contributed by atoms with Gasteiger partial charge in [0.2, 0.25) is 0 Å². The van der Waals surface area contributed by atoms with E-state index in [-0.39, 0.29) is 6.42 Å². The van der Waals surface area contributed by atoms with Crippen LogP contribution in [0, 0.1) is 5.92 Å². The van der Waals surface area contributed by atoms with Crippen molar-refractivity contribution in [1.82, 2.24) is 0 Å². The Balaban J connectivity index is 1.95. The van der Waals surface area contributed by atoms with E-state index < -0.39 is 16.8 Å². The average Bonchev–Trinajstić information content (AvgIpc) is 2.69. The lowest BCUT2D eigenvalue weighted by Gasteiger charge is -2.07. The lowest BCUT2D eigenvalue weighted by atomic mass is 10.1. The molecule has 0 radical (unpaired) electrons. The molecule has 1 N–H and O–H groups in total. The summed E-state index contributed by atoms with van der Waals surface area (Å²) >= 11 is 0. The van der Waals surface area contributed by atoms with Gasteiger partial charge in [0.25, 0.3) is 0 Å². The molecule has 16 heavy (non-hydrogen) atoms. The smallest absolute Gasteiger partial charge is 0.303 e. The molecule has 1 atom stereocenters. The number of hydrogen-bond acceptors (Lipinski definition) is 2. The Kier molecular flexibility index (Phi) is 6.69. The number of carboxylic acids is 1. The average molecular weight is 246 g/mol. The molecule has 1 unspecified atom stereocenters. The van der Waals surface area contributed by atoms with E-state index in [1.165, 1.54) is 25.7 Å². The van der Waals surface area contributed by atoms with Crippen LogP contribution >= 0.6 is 0 Å². The molecule has 0 heterocycles. The summed E-state index contributed by atoms with van der Waals surface area (Å²) in [5.41, 5.74) is 0. The van der Waals surface area contributed by atoms with E-state index in [4.69, 9.17) is 5.11 Å². The minimum absolute atomic E-state index is 0.245. The fourth-order valence-electron chi connectivity index (χ4n) is 2.24. The van der Waals surface area contributed by atoms with Crippen molar-refractivity contribution in [2.24, 2.45) is 5.92 Å². The van der Waals surface area contributed by atoms with Gasteiger partial charge in [0.05, 0.1) is 0 Å². The molecule has 0 aromatic carbocycles. The summed E-state index contributed by atoms with van der Waals surface area (Å²) in [6.45, 7) is 0. The van der Waals surface area contributed by atoms with Gasteiger partial charge >= 0.3 is 5.97 Å². The number of unbranched alkanes of at least 4 members (excludes halogenated alkanes) is 2. The first-order chi connectivity index (χ1) is 7.68. The van der Waals surface area contributed by atoms with Crippen molar-refractivity contribution in [2.45, 2.75) is 51.4 Å². The second-order valence-corrected chi connectivity index (χ2v) is 6.29. The topological polar surface area (TPSA) is 54.4 Å². The molecule has 0 aliphatic heterocycles. The zero-order valence-corrected chi connectivity index (χ0v) is 10.6. The van der Waals surface area contributed by atoms with Gasteiger partial charge in [0.15, 0.2) is 0 Å². The highest BCUT2D eigenvalue weighted by atomic mass is 32.2. The zero-order valence-electron chi connectivity index (χ0n) is 9.82. The van der Waals surface area contributed by atoms with Crippen LogP contribution in [0.1, 0.15) is 51.4 Å². The quantitative estimate of drug-likeness (QED) is 0.670. The van der Waals surface area contributed by atoms with Crippen LogP contribution in [0.3, 0.4) is 0 Å². The minimum Gasteiger partial charge on any atom is -0.481 e. The number of carboxylic acid groups (broad SMARTS) is 1. The van der Waals surface area contributed by atoms with Crippen molar-refractivity contribution in [1.29, 1.82) is 0 Å². The third-order valence-electron chi connectivity index (χ3n) is 3.16. The highest BCUT2D eigenvalue weighted by Crippen LogP contribution is 2.25. The minimum atomic E-state index is -0.730. The van der Waals surface area contributed by atoms with Crippen molar-refractivity contribution < 1.29 is 14.1 Å². The predicted octanol–water partition coefficient (Wildman–Crippen LogP) is 2.57. The first-order valence-electron chi connectivity index (χ1n) is 6.25. The fourth-order valence-corrected chi connectivity index (χ4v) is 3.79. The fraction of sp³-hybridized carbons (Fsp3) is 0.917. The van der Waals surface area contributed by atoms with E-state index in [1.54, 1.807) is 0 Å². The summed E-state index contributed by atoms with van der Waals surface area (Å²) in [5.74, 6) is 1.60. The number of hydrogen-bond donors (Lipinski definition) is 1. The van der Waals surface area contributed by atoms with Crippen LogP contribution in [-0.4, -0.2) is 26.8 Å². The normalized spacial score (nSPS) is 18.8. The Labute approximate surface area is 100 Å².